The van der Waals surface area contributed by atoms with Gasteiger partial charge in [-0.15, -0.1) is 0 Å². The highest BCUT2D eigenvalue weighted by Crippen LogP contribution is 2.12. The molecule has 2 aromatic rings. The van der Waals surface area contributed by atoms with E-state index in [0.29, 0.717) is 12.3 Å². The first kappa shape index (κ1) is 14.8. The fraction of sp³-hybridized carbons (Fsp3) is 0.250. The first-order valence-electron chi connectivity index (χ1n) is 6.59. The van der Waals surface area contributed by atoms with Crippen LogP contribution in [0.15, 0.2) is 48.8 Å². The van der Waals surface area contributed by atoms with Gasteiger partial charge in [0.1, 0.15) is 5.75 Å². The lowest BCUT2D eigenvalue weighted by Gasteiger charge is -2.09. The molecule has 0 atom stereocenters. The van der Waals surface area contributed by atoms with Crippen molar-refractivity contribution in [2.24, 2.45) is 0 Å². The third-order valence-electron chi connectivity index (χ3n) is 2.93. The molecule has 21 heavy (non-hydrogen) atoms. The summed E-state index contributed by atoms with van der Waals surface area (Å²) in [6, 6.07) is 11.5. The SMILES string of the molecule is COc1ccc(C[n+]2cccc(OC(=O)N(C)C)c2)cc1. The Morgan fingerprint density at radius 1 is 1.14 bits per heavy atom. The Morgan fingerprint density at radius 3 is 2.48 bits per heavy atom. The predicted molar refractivity (Wildman–Crippen MR) is 78.4 cm³/mol. The Labute approximate surface area is 124 Å². The monoisotopic (exact) mass is 287 g/mol. The van der Waals surface area contributed by atoms with Gasteiger partial charge < -0.3 is 14.4 Å². The molecule has 0 radical (unpaired) electrons. The third-order valence-corrected chi connectivity index (χ3v) is 2.93. The van der Waals surface area contributed by atoms with Crippen molar-refractivity contribution >= 4 is 6.09 Å². The molecule has 2 rings (SSSR count). The second-order valence-corrected chi connectivity index (χ2v) is 4.82. The molecule has 0 spiro atoms. The van der Waals surface area contributed by atoms with E-state index in [1.807, 2.05) is 41.1 Å². The summed E-state index contributed by atoms with van der Waals surface area (Å²) in [5, 5.41) is 0. The highest BCUT2D eigenvalue weighted by molar-refractivity contribution is 5.69. The molecular formula is C16H19N2O3+. The number of benzene rings is 1. The summed E-state index contributed by atoms with van der Waals surface area (Å²) < 4.78 is 12.3. The van der Waals surface area contributed by atoms with E-state index in [1.54, 1.807) is 33.5 Å². The van der Waals surface area contributed by atoms with Crippen LogP contribution in [0, 0.1) is 0 Å². The second-order valence-electron chi connectivity index (χ2n) is 4.82. The summed E-state index contributed by atoms with van der Waals surface area (Å²) in [6.07, 6.45) is 3.33. The number of hydrogen-bond donors (Lipinski definition) is 0. The van der Waals surface area contributed by atoms with Crippen LogP contribution >= 0.6 is 0 Å². The molecule has 0 fully saturated rings. The third kappa shape index (κ3) is 4.21. The zero-order valence-corrected chi connectivity index (χ0v) is 12.4. The lowest BCUT2D eigenvalue weighted by molar-refractivity contribution is -0.688. The molecule has 1 amide bonds. The normalized spacial score (nSPS) is 10.0. The number of aromatic nitrogens is 1. The molecule has 0 bridgehead atoms. The lowest BCUT2D eigenvalue weighted by atomic mass is 10.2. The minimum atomic E-state index is -0.391. The largest absolute Gasteiger partial charge is 0.497 e. The summed E-state index contributed by atoms with van der Waals surface area (Å²) >= 11 is 0. The van der Waals surface area contributed by atoms with Gasteiger partial charge in [-0.3, -0.25) is 0 Å². The van der Waals surface area contributed by atoms with Gasteiger partial charge in [0.05, 0.1) is 7.11 Å². The number of nitrogens with zero attached hydrogens (tertiary/aromatic N) is 2. The second kappa shape index (κ2) is 6.74. The first-order valence-corrected chi connectivity index (χ1v) is 6.59. The Hall–Kier alpha value is -2.56. The Bertz CT molecular complexity index is 609. The number of rotatable bonds is 4. The molecule has 1 heterocycles. The van der Waals surface area contributed by atoms with E-state index in [-0.39, 0.29) is 0 Å². The van der Waals surface area contributed by atoms with Gasteiger partial charge in [0, 0.05) is 25.7 Å². The van der Waals surface area contributed by atoms with Gasteiger partial charge in [0.2, 0.25) is 6.20 Å². The quantitative estimate of drug-likeness (QED) is 0.809. The maximum atomic E-state index is 11.5. The molecule has 0 saturated carbocycles. The highest BCUT2D eigenvalue weighted by atomic mass is 16.6. The molecule has 0 aliphatic rings. The fourth-order valence-corrected chi connectivity index (χ4v) is 1.79. The molecule has 5 heteroatoms. The number of pyridine rings is 1. The van der Waals surface area contributed by atoms with Crippen molar-refractivity contribution in [1.29, 1.82) is 0 Å². The van der Waals surface area contributed by atoms with Crippen molar-refractivity contribution in [3.63, 3.8) is 0 Å². The number of hydrogen-bond acceptors (Lipinski definition) is 3. The van der Waals surface area contributed by atoms with Gasteiger partial charge in [-0.1, -0.05) is 0 Å². The average Bonchev–Trinajstić information content (AvgIpc) is 2.48. The van der Waals surface area contributed by atoms with Crippen molar-refractivity contribution in [2.75, 3.05) is 21.2 Å². The predicted octanol–water partition coefficient (Wildman–Crippen LogP) is 2.09. The maximum Gasteiger partial charge on any atom is 0.414 e. The lowest BCUT2D eigenvalue weighted by Crippen LogP contribution is -2.34. The van der Waals surface area contributed by atoms with Crippen LogP contribution < -0.4 is 14.0 Å². The highest BCUT2D eigenvalue weighted by Gasteiger charge is 2.10. The van der Waals surface area contributed by atoms with Crippen LogP contribution in [0.5, 0.6) is 11.5 Å². The van der Waals surface area contributed by atoms with Crippen molar-refractivity contribution in [3.8, 4) is 11.5 Å². The number of methoxy groups -OCH3 is 1. The summed E-state index contributed by atoms with van der Waals surface area (Å²) in [4.78, 5) is 12.9. The van der Waals surface area contributed by atoms with Gasteiger partial charge in [-0.05, 0) is 30.3 Å². The van der Waals surface area contributed by atoms with Crippen molar-refractivity contribution in [3.05, 3.63) is 54.4 Å². The molecular weight excluding hydrogens is 268 g/mol. The molecule has 5 nitrogen and oxygen atoms in total. The van der Waals surface area contributed by atoms with Gasteiger partial charge in [0.25, 0.3) is 0 Å². The van der Waals surface area contributed by atoms with Crippen molar-refractivity contribution < 1.29 is 18.8 Å². The Morgan fingerprint density at radius 2 is 1.86 bits per heavy atom. The maximum absolute atomic E-state index is 11.5. The number of carbonyl (C=O) groups excluding carboxylic acids is 1. The standard InChI is InChI=1S/C16H19N2O3/c1-17(2)16(19)21-15-5-4-10-18(12-15)11-13-6-8-14(20-3)9-7-13/h4-10,12H,11H2,1-3H3/q+1. The van der Waals surface area contributed by atoms with E-state index in [2.05, 4.69) is 0 Å². The molecule has 0 N–H and O–H groups in total. The topological polar surface area (TPSA) is 42.6 Å². The summed E-state index contributed by atoms with van der Waals surface area (Å²) in [5.41, 5.74) is 1.14. The summed E-state index contributed by atoms with van der Waals surface area (Å²) in [7, 11) is 4.94. The molecule has 0 aliphatic carbocycles. The van der Waals surface area contributed by atoms with Gasteiger partial charge in [-0.25, -0.2) is 4.79 Å². The van der Waals surface area contributed by atoms with Crippen molar-refractivity contribution in [2.45, 2.75) is 6.54 Å². The summed E-state index contributed by atoms with van der Waals surface area (Å²) in [5.74, 6) is 1.35. The minimum Gasteiger partial charge on any atom is -0.497 e. The van der Waals surface area contributed by atoms with Crippen LogP contribution in [0.25, 0.3) is 0 Å². The Balaban J connectivity index is 2.08. The molecule has 0 unspecified atom stereocenters. The zero-order chi connectivity index (χ0) is 15.2. The van der Waals surface area contributed by atoms with E-state index >= 15 is 0 Å². The van der Waals surface area contributed by atoms with Gasteiger partial charge in [-0.2, -0.15) is 4.57 Å². The fourth-order valence-electron chi connectivity index (χ4n) is 1.79. The van der Waals surface area contributed by atoms with E-state index in [9.17, 15) is 4.79 Å². The van der Waals surface area contributed by atoms with Crippen LogP contribution in [-0.2, 0) is 6.54 Å². The zero-order valence-electron chi connectivity index (χ0n) is 12.4. The smallest absolute Gasteiger partial charge is 0.414 e. The average molecular weight is 287 g/mol. The van der Waals surface area contributed by atoms with E-state index < -0.39 is 6.09 Å². The number of amides is 1. The molecule has 0 saturated heterocycles. The minimum absolute atomic E-state index is 0.391. The van der Waals surface area contributed by atoms with Crippen LogP contribution in [-0.4, -0.2) is 32.2 Å². The van der Waals surface area contributed by atoms with Crippen LogP contribution in [0.2, 0.25) is 0 Å². The van der Waals surface area contributed by atoms with Crippen molar-refractivity contribution in [1.82, 2.24) is 4.90 Å². The molecule has 1 aromatic carbocycles. The van der Waals surface area contributed by atoms with Gasteiger partial charge in [0.15, 0.2) is 18.5 Å². The van der Waals surface area contributed by atoms with Crippen LogP contribution in [0.1, 0.15) is 5.56 Å². The Kier molecular flexibility index (Phi) is 4.77. The van der Waals surface area contributed by atoms with Crippen LogP contribution in [0.4, 0.5) is 4.79 Å². The number of ether oxygens (including phenoxy) is 2. The summed E-state index contributed by atoms with van der Waals surface area (Å²) in [6.45, 7) is 0.692. The van der Waals surface area contributed by atoms with E-state index in [4.69, 9.17) is 9.47 Å². The van der Waals surface area contributed by atoms with Crippen LogP contribution in [0.3, 0.4) is 0 Å². The van der Waals surface area contributed by atoms with Gasteiger partial charge >= 0.3 is 6.09 Å². The molecule has 0 aliphatic heterocycles. The van der Waals surface area contributed by atoms with E-state index in [0.717, 1.165) is 11.3 Å². The first-order chi connectivity index (χ1) is 10.1. The van der Waals surface area contributed by atoms with E-state index in [1.165, 1.54) is 4.90 Å². The number of carbonyl (C=O) groups is 1. The molecule has 110 valence electrons. The molecule has 1 aromatic heterocycles.